The molecule has 1 unspecified atom stereocenters. The molecule has 1 aromatic rings. The molecule has 0 radical (unpaired) electrons. The van der Waals surface area contributed by atoms with Crippen LogP contribution < -0.4 is 10.6 Å². The molecular weight excluding hydrogens is 441 g/mol. The van der Waals surface area contributed by atoms with E-state index in [-0.39, 0.29) is 35.8 Å². The van der Waals surface area contributed by atoms with Crippen LogP contribution in [0.3, 0.4) is 0 Å². The minimum Gasteiger partial charge on any atom is -0.380 e. The van der Waals surface area contributed by atoms with E-state index < -0.39 is 9.84 Å². The SMILES string of the molecule is CN=C(NCc1ccccc1COC)NC(C)CCS(C)(=O)=O.I. The molecule has 0 spiro atoms. The van der Waals surface area contributed by atoms with Gasteiger partial charge in [0.25, 0.3) is 0 Å². The van der Waals surface area contributed by atoms with Crippen LogP contribution in [-0.4, -0.2) is 46.6 Å². The van der Waals surface area contributed by atoms with Crippen LogP contribution in [0.5, 0.6) is 0 Å². The summed E-state index contributed by atoms with van der Waals surface area (Å²) in [5, 5.41) is 6.45. The number of guanidine groups is 1. The molecule has 0 amide bonds. The Morgan fingerprint density at radius 2 is 1.92 bits per heavy atom. The molecule has 0 saturated carbocycles. The Morgan fingerprint density at radius 1 is 1.29 bits per heavy atom. The molecule has 138 valence electrons. The predicted molar refractivity (Wildman–Crippen MR) is 110 cm³/mol. The number of nitrogens with zero attached hydrogens (tertiary/aromatic N) is 1. The summed E-state index contributed by atoms with van der Waals surface area (Å²) in [6.45, 7) is 3.13. The van der Waals surface area contributed by atoms with E-state index in [1.807, 2.05) is 31.2 Å². The Kier molecular flexibility index (Phi) is 11.2. The van der Waals surface area contributed by atoms with Crippen molar-refractivity contribution < 1.29 is 13.2 Å². The predicted octanol–water partition coefficient (Wildman–Crippen LogP) is 1.94. The van der Waals surface area contributed by atoms with E-state index in [0.29, 0.717) is 25.5 Å². The molecule has 0 aromatic heterocycles. The number of nitrogens with one attached hydrogen (secondary N) is 2. The highest BCUT2D eigenvalue weighted by atomic mass is 127. The number of hydrogen-bond acceptors (Lipinski definition) is 4. The maximum absolute atomic E-state index is 11.2. The number of methoxy groups -OCH3 is 1. The molecule has 0 aliphatic rings. The van der Waals surface area contributed by atoms with Gasteiger partial charge in [-0.1, -0.05) is 24.3 Å². The number of rotatable bonds is 8. The summed E-state index contributed by atoms with van der Waals surface area (Å²) in [5.41, 5.74) is 2.27. The fourth-order valence-electron chi connectivity index (χ4n) is 2.10. The number of hydrogen-bond donors (Lipinski definition) is 2. The molecule has 8 heteroatoms. The van der Waals surface area contributed by atoms with Gasteiger partial charge in [0.1, 0.15) is 9.84 Å². The summed E-state index contributed by atoms with van der Waals surface area (Å²) in [7, 11) is 0.426. The van der Waals surface area contributed by atoms with Crippen molar-refractivity contribution in [3.05, 3.63) is 35.4 Å². The van der Waals surface area contributed by atoms with Crippen molar-refractivity contribution >= 4 is 39.8 Å². The second kappa shape index (κ2) is 11.6. The normalized spacial score (nSPS) is 13.1. The van der Waals surface area contributed by atoms with E-state index in [4.69, 9.17) is 4.74 Å². The van der Waals surface area contributed by atoms with Gasteiger partial charge in [0.05, 0.1) is 12.4 Å². The summed E-state index contributed by atoms with van der Waals surface area (Å²) in [4.78, 5) is 4.18. The third kappa shape index (κ3) is 9.43. The van der Waals surface area contributed by atoms with Crippen molar-refractivity contribution in [1.82, 2.24) is 10.6 Å². The molecule has 2 N–H and O–H groups in total. The zero-order valence-electron chi connectivity index (χ0n) is 14.7. The van der Waals surface area contributed by atoms with E-state index in [1.165, 1.54) is 6.26 Å². The summed E-state index contributed by atoms with van der Waals surface area (Å²) < 4.78 is 27.6. The van der Waals surface area contributed by atoms with Crippen LogP contribution in [0, 0.1) is 0 Å². The highest BCUT2D eigenvalue weighted by molar-refractivity contribution is 14.0. The van der Waals surface area contributed by atoms with Gasteiger partial charge in [-0.25, -0.2) is 8.42 Å². The number of halogens is 1. The summed E-state index contributed by atoms with van der Waals surface area (Å²) in [5.74, 6) is 0.813. The monoisotopic (exact) mass is 469 g/mol. The maximum Gasteiger partial charge on any atom is 0.191 e. The van der Waals surface area contributed by atoms with E-state index in [9.17, 15) is 8.42 Å². The molecule has 6 nitrogen and oxygen atoms in total. The van der Waals surface area contributed by atoms with E-state index in [1.54, 1.807) is 14.2 Å². The second-order valence-electron chi connectivity index (χ2n) is 5.59. The standard InChI is InChI=1S/C16H27N3O3S.HI/c1-13(9-10-23(4,20)21)19-16(17-2)18-11-14-7-5-6-8-15(14)12-22-3;/h5-8,13H,9-12H2,1-4H3,(H2,17,18,19);1H. The first-order valence-electron chi connectivity index (χ1n) is 7.56. The van der Waals surface area contributed by atoms with E-state index in [2.05, 4.69) is 15.6 Å². The Bertz CT molecular complexity index is 621. The average Bonchev–Trinajstić information content (AvgIpc) is 2.50. The maximum atomic E-state index is 11.2. The van der Waals surface area contributed by atoms with Crippen LogP contribution in [0.2, 0.25) is 0 Å². The number of aliphatic imine (C=N–C) groups is 1. The Hall–Kier alpha value is -0.870. The Balaban J connectivity index is 0.00000529. The average molecular weight is 469 g/mol. The van der Waals surface area contributed by atoms with Crippen LogP contribution in [0.15, 0.2) is 29.3 Å². The highest BCUT2D eigenvalue weighted by Gasteiger charge is 2.10. The first-order valence-corrected chi connectivity index (χ1v) is 9.62. The molecule has 0 bridgehead atoms. The van der Waals surface area contributed by atoms with Gasteiger partial charge >= 0.3 is 0 Å². The molecule has 0 saturated heterocycles. The van der Waals surface area contributed by atoms with E-state index in [0.717, 1.165) is 11.1 Å². The van der Waals surface area contributed by atoms with Crippen molar-refractivity contribution in [2.45, 2.75) is 32.5 Å². The van der Waals surface area contributed by atoms with Crippen LogP contribution in [0.4, 0.5) is 0 Å². The zero-order chi connectivity index (χ0) is 17.3. The number of benzene rings is 1. The van der Waals surface area contributed by atoms with Gasteiger partial charge in [0, 0.05) is 33.0 Å². The molecule has 1 aromatic carbocycles. The van der Waals surface area contributed by atoms with Crippen molar-refractivity contribution in [1.29, 1.82) is 0 Å². The lowest BCUT2D eigenvalue weighted by Crippen LogP contribution is -2.42. The van der Waals surface area contributed by atoms with E-state index >= 15 is 0 Å². The minimum atomic E-state index is -2.94. The lowest BCUT2D eigenvalue weighted by Gasteiger charge is -2.18. The molecule has 1 rings (SSSR count). The lowest BCUT2D eigenvalue weighted by atomic mass is 10.1. The number of sulfone groups is 1. The summed E-state index contributed by atoms with van der Waals surface area (Å²) in [6, 6.07) is 8.07. The largest absolute Gasteiger partial charge is 0.380 e. The smallest absolute Gasteiger partial charge is 0.191 e. The van der Waals surface area contributed by atoms with Gasteiger partial charge in [0.2, 0.25) is 0 Å². The van der Waals surface area contributed by atoms with Gasteiger partial charge in [-0.05, 0) is 24.5 Å². The van der Waals surface area contributed by atoms with Crippen LogP contribution in [0.1, 0.15) is 24.5 Å². The number of ether oxygens (including phenoxy) is 1. The molecule has 0 aliphatic heterocycles. The van der Waals surface area contributed by atoms with Gasteiger partial charge in [0.15, 0.2) is 5.96 Å². The first kappa shape index (κ1) is 23.1. The van der Waals surface area contributed by atoms with Crippen molar-refractivity contribution in [2.24, 2.45) is 4.99 Å². The van der Waals surface area contributed by atoms with Crippen molar-refractivity contribution in [3.8, 4) is 0 Å². The second-order valence-corrected chi connectivity index (χ2v) is 7.85. The van der Waals surface area contributed by atoms with Crippen LogP contribution >= 0.6 is 24.0 Å². The lowest BCUT2D eigenvalue weighted by molar-refractivity contribution is 0.184. The molecule has 24 heavy (non-hydrogen) atoms. The third-order valence-electron chi connectivity index (χ3n) is 3.39. The quantitative estimate of drug-likeness (QED) is 0.346. The fourth-order valence-corrected chi connectivity index (χ4v) is 2.88. The van der Waals surface area contributed by atoms with Gasteiger partial charge < -0.3 is 15.4 Å². The van der Waals surface area contributed by atoms with Crippen LogP contribution in [-0.2, 0) is 27.7 Å². The molecule has 0 fully saturated rings. The summed E-state index contributed by atoms with van der Waals surface area (Å²) in [6.07, 6.45) is 1.79. The van der Waals surface area contributed by atoms with Gasteiger partial charge in [-0.2, -0.15) is 0 Å². The molecular formula is C16H28IN3O3S. The van der Waals surface area contributed by atoms with Crippen molar-refractivity contribution in [3.63, 3.8) is 0 Å². The summed E-state index contributed by atoms with van der Waals surface area (Å²) >= 11 is 0. The third-order valence-corrected chi connectivity index (χ3v) is 4.37. The van der Waals surface area contributed by atoms with Crippen molar-refractivity contribution in [2.75, 3.05) is 26.2 Å². The Labute approximate surface area is 162 Å². The van der Waals surface area contributed by atoms with Gasteiger partial charge in [-0.3, -0.25) is 4.99 Å². The molecule has 1 atom stereocenters. The fraction of sp³-hybridized carbons (Fsp3) is 0.562. The molecule has 0 heterocycles. The highest BCUT2D eigenvalue weighted by Crippen LogP contribution is 2.09. The topological polar surface area (TPSA) is 79.8 Å². The van der Waals surface area contributed by atoms with Crippen LogP contribution in [0.25, 0.3) is 0 Å². The zero-order valence-corrected chi connectivity index (χ0v) is 17.9. The van der Waals surface area contributed by atoms with Gasteiger partial charge in [-0.15, -0.1) is 24.0 Å². The Morgan fingerprint density at radius 3 is 2.46 bits per heavy atom. The molecule has 0 aliphatic carbocycles. The minimum absolute atomic E-state index is 0. The first-order chi connectivity index (χ1) is 10.9.